The van der Waals surface area contributed by atoms with Gasteiger partial charge in [0.2, 0.25) is 0 Å². The lowest BCUT2D eigenvalue weighted by Gasteiger charge is -2.30. The number of aliphatic imine (C=N–C) groups is 1. The van der Waals surface area contributed by atoms with E-state index in [9.17, 15) is 0 Å². The molecule has 0 aromatic carbocycles. The average Bonchev–Trinajstić information content (AvgIpc) is 2.36. The van der Waals surface area contributed by atoms with Gasteiger partial charge in [-0.05, 0) is 46.1 Å². The van der Waals surface area contributed by atoms with Crippen LogP contribution in [0.2, 0.25) is 0 Å². The molecule has 0 unspecified atom stereocenters. The van der Waals surface area contributed by atoms with E-state index in [1.807, 2.05) is 18.8 Å². The highest BCUT2D eigenvalue weighted by Gasteiger charge is 2.12. The maximum atomic E-state index is 4.24. The summed E-state index contributed by atoms with van der Waals surface area (Å²) in [6, 6.07) is 1.16. The van der Waals surface area contributed by atoms with E-state index in [1.165, 1.54) is 12.2 Å². The minimum atomic E-state index is 0. The van der Waals surface area contributed by atoms with Crippen molar-refractivity contribution < 1.29 is 0 Å². The lowest BCUT2D eigenvalue weighted by Crippen LogP contribution is -2.45. The third kappa shape index (κ3) is 11.0. The first-order valence-electron chi connectivity index (χ1n) is 7.22. The zero-order valence-corrected chi connectivity index (χ0v) is 17.0. The summed E-state index contributed by atoms with van der Waals surface area (Å²) < 4.78 is 0. The summed E-state index contributed by atoms with van der Waals surface area (Å²) in [5.74, 6) is 2.10. The highest BCUT2D eigenvalue weighted by Crippen LogP contribution is 2.03. The van der Waals surface area contributed by atoms with Crippen LogP contribution in [-0.4, -0.2) is 61.6 Å². The Balaban J connectivity index is 0. The predicted octanol–water partition coefficient (Wildman–Crippen LogP) is 2.64. The fraction of sp³-hybridized carbons (Fsp3) is 0.929. The molecule has 0 radical (unpaired) electrons. The van der Waals surface area contributed by atoms with Gasteiger partial charge in [0.15, 0.2) is 5.96 Å². The molecule has 0 aliphatic rings. The molecule has 122 valence electrons. The third-order valence-electron chi connectivity index (χ3n) is 3.03. The molecule has 0 saturated carbocycles. The fourth-order valence-corrected chi connectivity index (χ4v) is 2.49. The molecule has 0 aromatic rings. The van der Waals surface area contributed by atoms with Gasteiger partial charge in [0.25, 0.3) is 0 Å². The molecule has 0 atom stereocenters. The molecule has 0 aliphatic carbocycles. The number of hydrogen-bond acceptors (Lipinski definition) is 3. The lowest BCUT2D eigenvalue weighted by molar-refractivity contribution is 0.178. The number of halogens is 1. The predicted molar refractivity (Wildman–Crippen MR) is 105 cm³/mol. The first-order valence-corrected chi connectivity index (χ1v) is 8.61. The van der Waals surface area contributed by atoms with E-state index in [-0.39, 0.29) is 24.0 Å². The van der Waals surface area contributed by atoms with Crippen LogP contribution in [0.15, 0.2) is 4.99 Å². The van der Waals surface area contributed by atoms with E-state index in [1.54, 1.807) is 0 Å². The minimum absolute atomic E-state index is 0. The SMILES string of the molecule is CN=C(NCCCSC)NCCN(C(C)C)C(C)C.I. The summed E-state index contributed by atoms with van der Waals surface area (Å²) in [5.41, 5.74) is 0. The number of nitrogens with zero attached hydrogens (tertiary/aromatic N) is 2. The van der Waals surface area contributed by atoms with Crippen molar-refractivity contribution >= 4 is 41.7 Å². The van der Waals surface area contributed by atoms with Crippen LogP contribution in [0.1, 0.15) is 34.1 Å². The van der Waals surface area contributed by atoms with E-state index in [4.69, 9.17) is 0 Å². The van der Waals surface area contributed by atoms with E-state index >= 15 is 0 Å². The second-order valence-electron chi connectivity index (χ2n) is 5.20. The molecule has 0 aromatic heterocycles. The van der Waals surface area contributed by atoms with Crippen molar-refractivity contribution in [2.45, 2.75) is 46.2 Å². The Morgan fingerprint density at radius 3 is 2.10 bits per heavy atom. The summed E-state index contributed by atoms with van der Waals surface area (Å²) in [5, 5.41) is 6.72. The molecule has 2 N–H and O–H groups in total. The zero-order valence-electron chi connectivity index (χ0n) is 13.9. The van der Waals surface area contributed by atoms with E-state index in [0.29, 0.717) is 12.1 Å². The van der Waals surface area contributed by atoms with Gasteiger partial charge < -0.3 is 10.6 Å². The van der Waals surface area contributed by atoms with Crippen LogP contribution in [0.5, 0.6) is 0 Å². The van der Waals surface area contributed by atoms with E-state index in [2.05, 4.69) is 54.5 Å². The first kappa shape index (κ1) is 22.6. The molecule has 0 spiro atoms. The van der Waals surface area contributed by atoms with E-state index in [0.717, 1.165) is 25.6 Å². The topological polar surface area (TPSA) is 39.7 Å². The Hall–Kier alpha value is 0.310. The summed E-state index contributed by atoms with van der Waals surface area (Å²) in [6.07, 6.45) is 3.31. The molecule has 0 bridgehead atoms. The molecule has 6 heteroatoms. The van der Waals surface area contributed by atoms with Crippen LogP contribution >= 0.6 is 35.7 Å². The van der Waals surface area contributed by atoms with Gasteiger partial charge in [-0.1, -0.05) is 0 Å². The number of rotatable bonds is 9. The third-order valence-corrected chi connectivity index (χ3v) is 3.73. The van der Waals surface area contributed by atoms with E-state index < -0.39 is 0 Å². The molecular formula is C14H33IN4S. The summed E-state index contributed by atoms with van der Waals surface area (Å²) in [6.45, 7) is 11.9. The molecular weight excluding hydrogens is 383 g/mol. The molecule has 20 heavy (non-hydrogen) atoms. The van der Waals surface area contributed by atoms with Gasteiger partial charge in [0, 0.05) is 38.8 Å². The molecule has 0 aliphatic heterocycles. The fourth-order valence-electron chi connectivity index (χ4n) is 2.06. The van der Waals surface area contributed by atoms with Crippen LogP contribution in [0.3, 0.4) is 0 Å². The Morgan fingerprint density at radius 1 is 1.10 bits per heavy atom. The second kappa shape index (κ2) is 14.3. The van der Waals surface area contributed by atoms with Crippen molar-refractivity contribution in [2.75, 3.05) is 38.7 Å². The Morgan fingerprint density at radius 2 is 1.65 bits per heavy atom. The normalized spacial score (nSPS) is 11.9. The Kier molecular flexibility index (Phi) is 16.1. The van der Waals surface area contributed by atoms with Gasteiger partial charge in [0.05, 0.1) is 0 Å². The number of nitrogens with one attached hydrogen (secondary N) is 2. The molecule has 4 nitrogen and oxygen atoms in total. The van der Waals surface area contributed by atoms with Crippen molar-refractivity contribution in [3.63, 3.8) is 0 Å². The van der Waals surface area contributed by atoms with Crippen molar-refractivity contribution in [1.29, 1.82) is 0 Å². The number of hydrogen-bond donors (Lipinski definition) is 2. The molecule has 0 heterocycles. The zero-order chi connectivity index (χ0) is 14.7. The minimum Gasteiger partial charge on any atom is -0.356 e. The highest BCUT2D eigenvalue weighted by molar-refractivity contribution is 14.0. The largest absolute Gasteiger partial charge is 0.356 e. The second-order valence-corrected chi connectivity index (χ2v) is 6.18. The molecule has 0 amide bonds. The summed E-state index contributed by atoms with van der Waals surface area (Å²) >= 11 is 1.88. The molecule has 0 saturated heterocycles. The van der Waals surface area contributed by atoms with Crippen LogP contribution in [0.4, 0.5) is 0 Å². The van der Waals surface area contributed by atoms with Crippen molar-refractivity contribution in [2.24, 2.45) is 4.99 Å². The van der Waals surface area contributed by atoms with Gasteiger partial charge in [-0.15, -0.1) is 24.0 Å². The van der Waals surface area contributed by atoms with Gasteiger partial charge >= 0.3 is 0 Å². The van der Waals surface area contributed by atoms with Gasteiger partial charge in [0.1, 0.15) is 0 Å². The number of thioether (sulfide) groups is 1. The summed E-state index contributed by atoms with van der Waals surface area (Å²) in [4.78, 5) is 6.72. The van der Waals surface area contributed by atoms with Crippen LogP contribution < -0.4 is 10.6 Å². The van der Waals surface area contributed by atoms with Crippen molar-refractivity contribution in [3.8, 4) is 0 Å². The van der Waals surface area contributed by atoms with Crippen molar-refractivity contribution in [3.05, 3.63) is 0 Å². The van der Waals surface area contributed by atoms with Crippen LogP contribution in [0, 0.1) is 0 Å². The van der Waals surface area contributed by atoms with Crippen molar-refractivity contribution in [1.82, 2.24) is 15.5 Å². The maximum Gasteiger partial charge on any atom is 0.191 e. The molecule has 0 rings (SSSR count). The van der Waals surface area contributed by atoms with Crippen LogP contribution in [0.25, 0.3) is 0 Å². The van der Waals surface area contributed by atoms with Gasteiger partial charge in [-0.3, -0.25) is 9.89 Å². The maximum absolute atomic E-state index is 4.24. The summed E-state index contributed by atoms with van der Waals surface area (Å²) in [7, 11) is 1.83. The quantitative estimate of drug-likeness (QED) is 0.262. The standard InChI is InChI=1S/C14H32N4S.HI/c1-12(2)18(13(3)4)10-9-17-14(15-5)16-8-7-11-19-6;/h12-13H,7-11H2,1-6H3,(H2,15,16,17);1H. The molecule has 0 fully saturated rings. The Bertz CT molecular complexity index is 239. The van der Waals surface area contributed by atoms with Crippen LogP contribution in [-0.2, 0) is 0 Å². The first-order chi connectivity index (χ1) is 9.02. The van der Waals surface area contributed by atoms with Gasteiger partial charge in [-0.2, -0.15) is 11.8 Å². The smallest absolute Gasteiger partial charge is 0.191 e. The number of guanidine groups is 1. The highest BCUT2D eigenvalue weighted by atomic mass is 127. The monoisotopic (exact) mass is 416 g/mol. The Labute approximate surface area is 147 Å². The van der Waals surface area contributed by atoms with Gasteiger partial charge in [-0.25, -0.2) is 0 Å². The lowest BCUT2D eigenvalue weighted by atomic mass is 10.2. The average molecular weight is 416 g/mol.